The number of para-hydroxylation sites is 1. The Bertz CT molecular complexity index is 945. The predicted octanol–water partition coefficient (Wildman–Crippen LogP) is 3.70. The lowest BCUT2D eigenvalue weighted by Crippen LogP contribution is -1.97. The molecule has 0 atom stereocenters. The average molecular weight is 365 g/mol. The molecule has 6 heteroatoms. The van der Waals surface area contributed by atoms with Crippen molar-refractivity contribution in [3.63, 3.8) is 0 Å². The number of hydrogen-bond acceptors (Lipinski definition) is 3. The Kier molecular flexibility index (Phi) is 3.37. The zero-order chi connectivity index (χ0) is 15.2. The molecule has 4 nitrogen and oxygen atoms in total. The van der Waals surface area contributed by atoms with Crippen LogP contribution >= 0.6 is 15.9 Å². The first-order valence-corrected chi connectivity index (χ1v) is 9.00. The van der Waals surface area contributed by atoms with Crippen molar-refractivity contribution in [2.45, 2.75) is 11.8 Å². The smallest absolute Gasteiger partial charge is 0.177 e. The van der Waals surface area contributed by atoms with Crippen molar-refractivity contribution < 1.29 is 8.42 Å². The summed E-state index contributed by atoms with van der Waals surface area (Å²) in [5.41, 5.74) is 3.22. The van der Waals surface area contributed by atoms with Crippen LogP contribution in [-0.2, 0) is 9.84 Å². The number of aryl methyl sites for hydroxylation is 1. The van der Waals surface area contributed by atoms with E-state index in [-0.39, 0.29) is 4.90 Å². The van der Waals surface area contributed by atoms with E-state index in [2.05, 4.69) is 25.9 Å². The van der Waals surface area contributed by atoms with Gasteiger partial charge < -0.3 is 4.98 Å². The molecule has 0 unspecified atom stereocenters. The Balaban J connectivity index is 2.27. The lowest BCUT2D eigenvalue weighted by molar-refractivity contribution is 0.602. The summed E-state index contributed by atoms with van der Waals surface area (Å²) in [5, 5.41) is 0. The molecule has 0 aliphatic rings. The van der Waals surface area contributed by atoms with Crippen LogP contribution in [0.25, 0.3) is 22.4 Å². The summed E-state index contributed by atoms with van der Waals surface area (Å²) in [6, 6.07) is 11.1. The van der Waals surface area contributed by atoms with Crippen LogP contribution in [0.5, 0.6) is 0 Å². The summed E-state index contributed by atoms with van der Waals surface area (Å²) >= 11 is 3.52. The minimum atomic E-state index is -3.31. The standard InChI is InChI=1S/C15H13BrN2O2S/c1-9-6-7-10(11(16)8-9)15-17-12-4-3-5-13(14(12)18-15)21(2,19)20/h3-8H,1-2H3,(H,17,18). The van der Waals surface area contributed by atoms with Gasteiger partial charge in [0.15, 0.2) is 9.84 Å². The topological polar surface area (TPSA) is 62.8 Å². The molecule has 21 heavy (non-hydrogen) atoms. The van der Waals surface area contributed by atoms with Gasteiger partial charge in [0, 0.05) is 16.3 Å². The first-order valence-electron chi connectivity index (χ1n) is 6.31. The van der Waals surface area contributed by atoms with E-state index in [0.717, 1.165) is 15.6 Å². The molecule has 108 valence electrons. The first-order chi connectivity index (χ1) is 9.86. The van der Waals surface area contributed by atoms with Crippen LogP contribution in [0, 0.1) is 6.92 Å². The molecule has 0 saturated heterocycles. The highest BCUT2D eigenvalue weighted by Gasteiger charge is 2.16. The number of halogens is 1. The molecule has 1 heterocycles. The van der Waals surface area contributed by atoms with E-state index in [9.17, 15) is 8.42 Å². The number of fused-ring (bicyclic) bond motifs is 1. The minimum absolute atomic E-state index is 0.241. The Morgan fingerprint density at radius 3 is 2.62 bits per heavy atom. The second kappa shape index (κ2) is 4.96. The Hall–Kier alpha value is -1.66. The van der Waals surface area contributed by atoms with Crippen LogP contribution in [0.4, 0.5) is 0 Å². The summed E-state index contributed by atoms with van der Waals surface area (Å²) in [4.78, 5) is 7.90. The zero-order valence-corrected chi connectivity index (χ0v) is 13.9. The maximum atomic E-state index is 11.8. The molecule has 0 amide bonds. The molecule has 0 bridgehead atoms. The van der Waals surface area contributed by atoms with Gasteiger partial charge in [-0.05, 0) is 36.8 Å². The van der Waals surface area contributed by atoms with Crippen LogP contribution in [0.15, 0.2) is 45.8 Å². The monoisotopic (exact) mass is 364 g/mol. The number of aromatic amines is 1. The number of hydrogen-bond donors (Lipinski definition) is 1. The summed E-state index contributed by atoms with van der Waals surface area (Å²) < 4.78 is 24.6. The molecular weight excluding hydrogens is 352 g/mol. The summed E-state index contributed by atoms with van der Waals surface area (Å²) in [7, 11) is -3.31. The van der Waals surface area contributed by atoms with Crippen molar-refractivity contribution in [3.05, 3.63) is 46.4 Å². The second-order valence-electron chi connectivity index (χ2n) is 4.99. The van der Waals surface area contributed by atoms with Crippen molar-refractivity contribution in [2.75, 3.05) is 6.26 Å². The van der Waals surface area contributed by atoms with Crippen molar-refractivity contribution in [2.24, 2.45) is 0 Å². The maximum absolute atomic E-state index is 11.8. The van der Waals surface area contributed by atoms with Gasteiger partial charge in [-0.15, -0.1) is 0 Å². The van der Waals surface area contributed by atoms with Gasteiger partial charge in [0.2, 0.25) is 0 Å². The summed E-state index contributed by atoms with van der Waals surface area (Å²) in [5.74, 6) is 0.646. The van der Waals surface area contributed by atoms with Gasteiger partial charge in [0.25, 0.3) is 0 Å². The van der Waals surface area contributed by atoms with Crippen molar-refractivity contribution in [1.29, 1.82) is 0 Å². The molecule has 0 saturated carbocycles. The predicted molar refractivity (Wildman–Crippen MR) is 87.1 cm³/mol. The normalized spacial score (nSPS) is 12.0. The number of nitrogens with zero attached hydrogens (tertiary/aromatic N) is 1. The summed E-state index contributed by atoms with van der Waals surface area (Å²) in [6.45, 7) is 2.01. The number of sulfone groups is 1. The second-order valence-corrected chi connectivity index (χ2v) is 7.83. The Labute approximate surface area is 131 Å². The fraction of sp³-hybridized carbons (Fsp3) is 0.133. The maximum Gasteiger partial charge on any atom is 0.177 e. The number of H-pyrrole nitrogens is 1. The van der Waals surface area contributed by atoms with Crippen LogP contribution in [0.3, 0.4) is 0 Å². The SMILES string of the molecule is Cc1ccc(-c2nc3c(S(C)(=O)=O)cccc3[nH]2)c(Br)c1. The quantitative estimate of drug-likeness (QED) is 0.753. The molecular formula is C15H13BrN2O2S. The number of aromatic nitrogens is 2. The van der Waals surface area contributed by atoms with Gasteiger partial charge in [0.05, 0.1) is 10.4 Å². The van der Waals surface area contributed by atoms with Gasteiger partial charge in [-0.25, -0.2) is 13.4 Å². The third-order valence-corrected chi connectivity index (χ3v) is 5.04. The number of nitrogens with one attached hydrogen (secondary N) is 1. The molecule has 3 rings (SSSR count). The number of imidazole rings is 1. The molecule has 3 aromatic rings. The van der Waals surface area contributed by atoms with E-state index in [4.69, 9.17) is 0 Å². The van der Waals surface area contributed by atoms with Crippen molar-refractivity contribution in [3.8, 4) is 11.4 Å². The fourth-order valence-electron chi connectivity index (χ4n) is 2.24. The highest BCUT2D eigenvalue weighted by Crippen LogP contribution is 2.30. The third-order valence-electron chi connectivity index (χ3n) is 3.25. The van der Waals surface area contributed by atoms with E-state index in [0.29, 0.717) is 16.9 Å². The van der Waals surface area contributed by atoms with Crippen molar-refractivity contribution >= 4 is 36.8 Å². The van der Waals surface area contributed by atoms with Gasteiger partial charge in [0.1, 0.15) is 11.3 Å². The van der Waals surface area contributed by atoms with Crippen LogP contribution in [0.2, 0.25) is 0 Å². The first kappa shape index (κ1) is 14.3. The average Bonchev–Trinajstić information content (AvgIpc) is 2.80. The number of benzene rings is 2. The fourth-order valence-corrected chi connectivity index (χ4v) is 3.76. The number of rotatable bonds is 2. The highest BCUT2D eigenvalue weighted by molar-refractivity contribution is 9.10. The van der Waals surface area contributed by atoms with Crippen LogP contribution < -0.4 is 0 Å². The minimum Gasteiger partial charge on any atom is -0.338 e. The summed E-state index contributed by atoms with van der Waals surface area (Å²) in [6.07, 6.45) is 1.19. The molecule has 0 radical (unpaired) electrons. The van der Waals surface area contributed by atoms with E-state index in [1.54, 1.807) is 12.1 Å². The Morgan fingerprint density at radius 1 is 1.19 bits per heavy atom. The third kappa shape index (κ3) is 2.61. The van der Waals surface area contributed by atoms with Gasteiger partial charge in [-0.1, -0.05) is 28.1 Å². The van der Waals surface area contributed by atoms with E-state index in [1.165, 1.54) is 6.26 Å². The molecule has 1 N–H and O–H groups in total. The van der Waals surface area contributed by atoms with E-state index >= 15 is 0 Å². The lowest BCUT2D eigenvalue weighted by Gasteiger charge is -2.01. The molecule has 0 spiro atoms. The van der Waals surface area contributed by atoms with Crippen molar-refractivity contribution in [1.82, 2.24) is 9.97 Å². The van der Waals surface area contributed by atoms with Crippen LogP contribution in [-0.4, -0.2) is 24.6 Å². The van der Waals surface area contributed by atoms with E-state index < -0.39 is 9.84 Å². The van der Waals surface area contributed by atoms with Crippen LogP contribution in [0.1, 0.15) is 5.56 Å². The van der Waals surface area contributed by atoms with Gasteiger partial charge in [-0.2, -0.15) is 0 Å². The Morgan fingerprint density at radius 2 is 1.95 bits per heavy atom. The van der Waals surface area contributed by atoms with E-state index in [1.807, 2.05) is 31.2 Å². The largest absolute Gasteiger partial charge is 0.338 e. The van der Waals surface area contributed by atoms with Gasteiger partial charge >= 0.3 is 0 Å². The zero-order valence-electron chi connectivity index (χ0n) is 11.5. The molecule has 0 fully saturated rings. The highest BCUT2D eigenvalue weighted by atomic mass is 79.9. The molecule has 0 aliphatic heterocycles. The molecule has 1 aromatic heterocycles. The molecule has 2 aromatic carbocycles. The molecule has 0 aliphatic carbocycles. The van der Waals surface area contributed by atoms with Gasteiger partial charge in [-0.3, -0.25) is 0 Å². The lowest BCUT2D eigenvalue weighted by atomic mass is 10.1.